The molecule has 0 saturated heterocycles. The SMILES string of the molecule is CCCCCC1=NOC(=O)C1/C=C/c1cccs1. The maximum atomic E-state index is 11.6. The van der Waals surface area contributed by atoms with Gasteiger partial charge in [0.25, 0.3) is 0 Å². The number of thiophene rings is 1. The lowest BCUT2D eigenvalue weighted by atomic mass is 9.98. The van der Waals surface area contributed by atoms with Crippen molar-refractivity contribution in [3.63, 3.8) is 0 Å². The van der Waals surface area contributed by atoms with Crippen LogP contribution in [0, 0.1) is 5.92 Å². The highest BCUT2D eigenvalue weighted by molar-refractivity contribution is 7.10. The van der Waals surface area contributed by atoms with E-state index in [9.17, 15) is 4.79 Å². The number of rotatable bonds is 6. The lowest BCUT2D eigenvalue weighted by molar-refractivity contribution is -0.142. The second-order valence-corrected chi connectivity index (χ2v) is 5.28. The lowest BCUT2D eigenvalue weighted by Gasteiger charge is -2.03. The van der Waals surface area contributed by atoms with Crippen molar-refractivity contribution in [1.29, 1.82) is 0 Å². The molecule has 1 aliphatic heterocycles. The first-order valence-corrected chi connectivity index (χ1v) is 7.18. The summed E-state index contributed by atoms with van der Waals surface area (Å²) in [4.78, 5) is 17.5. The molecule has 4 heteroatoms. The first kappa shape index (κ1) is 13.0. The third-order valence-corrected chi connectivity index (χ3v) is 3.74. The van der Waals surface area contributed by atoms with Crippen LogP contribution in [0.5, 0.6) is 0 Å². The Hall–Kier alpha value is -1.42. The Bertz CT molecular complexity index is 448. The third kappa shape index (κ3) is 3.29. The highest BCUT2D eigenvalue weighted by Crippen LogP contribution is 2.20. The molecule has 1 aromatic heterocycles. The van der Waals surface area contributed by atoms with E-state index in [2.05, 4.69) is 12.1 Å². The Kier molecular flexibility index (Phi) is 4.70. The molecule has 1 unspecified atom stereocenters. The summed E-state index contributed by atoms with van der Waals surface area (Å²) in [5.74, 6) is -0.543. The average Bonchev–Trinajstić information content (AvgIpc) is 2.98. The summed E-state index contributed by atoms with van der Waals surface area (Å²) in [6.07, 6.45) is 8.10. The molecule has 3 nitrogen and oxygen atoms in total. The van der Waals surface area contributed by atoms with Gasteiger partial charge in [-0.3, -0.25) is 0 Å². The van der Waals surface area contributed by atoms with Gasteiger partial charge in [0.15, 0.2) is 0 Å². The van der Waals surface area contributed by atoms with Gasteiger partial charge in [-0.2, -0.15) is 0 Å². The van der Waals surface area contributed by atoms with Gasteiger partial charge >= 0.3 is 5.97 Å². The first-order valence-electron chi connectivity index (χ1n) is 6.30. The van der Waals surface area contributed by atoms with Crippen LogP contribution in [0.25, 0.3) is 6.08 Å². The zero-order chi connectivity index (χ0) is 12.8. The molecule has 1 atom stereocenters. The Labute approximate surface area is 111 Å². The normalized spacial score (nSPS) is 19.3. The smallest absolute Gasteiger partial charge is 0.317 e. The number of carbonyl (C=O) groups excluding carboxylic acids is 1. The van der Waals surface area contributed by atoms with E-state index in [4.69, 9.17) is 4.84 Å². The van der Waals surface area contributed by atoms with Crippen LogP contribution in [-0.2, 0) is 9.63 Å². The summed E-state index contributed by atoms with van der Waals surface area (Å²) >= 11 is 1.65. The van der Waals surface area contributed by atoms with Gasteiger partial charge in [-0.1, -0.05) is 37.1 Å². The molecule has 0 fully saturated rings. The summed E-state index contributed by atoms with van der Waals surface area (Å²) in [6.45, 7) is 2.16. The van der Waals surface area contributed by atoms with Crippen molar-refractivity contribution in [2.45, 2.75) is 32.6 Å². The van der Waals surface area contributed by atoms with Crippen molar-refractivity contribution in [3.05, 3.63) is 28.5 Å². The summed E-state index contributed by atoms with van der Waals surface area (Å²) < 4.78 is 0. The molecule has 0 bridgehead atoms. The molecule has 0 radical (unpaired) electrons. The molecule has 1 aromatic rings. The van der Waals surface area contributed by atoms with E-state index in [0.29, 0.717) is 0 Å². The van der Waals surface area contributed by atoms with E-state index in [0.717, 1.165) is 36.3 Å². The molecule has 0 amide bonds. The molecule has 0 spiro atoms. The zero-order valence-electron chi connectivity index (χ0n) is 10.5. The molecule has 0 aromatic carbocycles. The molecule has 18 heavy (non-hydrogen) atoms. The predicted octanol–water partition coefficient (Wildman–Crippen LogP) is 3.87. The van der Waals surface area contributed by atoms with Crippen molar-refractivity contribution in [3.8, 4) is 0 Å². The molecule has 0 N–H and O–H groups in total. The maximum Gasteiger partial charge on any atom is 0.347 e. The number of hydrogen-bond donors (Lipinski definition) is 0. The van der Waals surface area contributed by atoms with Gasteiger partial charge in [0.2, 0.25) is 0 Å². The van der Waals surface area contributed by atoms with Gasteiger partial charge in [0, 0.05) is 4.88 Å². The fraction of sp³-hybridized carbons (Fsp3) is 0.429. The van der Waals surface area contributed by atoms with Crippen LogP contribution in [0.4, 0.5) is 0 Å². The lowest BCUT2D eigenvalue weighted by Crippen LogP contribution is -2.15. The Morgan fingerprint density at radius 3 is 3.11 bits per heavy atom. The largest absolute Gasteiger partial charge is 0.347 e. The number of hydrogen-bond acceptors (Lipinski definition) is 4. The molecular formula is C14H17NO2S. The fourth-order valence-electron chi connectivity index (χ4n) is 1.88. The van der Waals surface area contributed by atoms with Gasteiger partial charge in [0.1, 0.15) is 5.92 Å². The molecule has 96 valence electrons. The Balaban J connectivity index is 1.96. The van der Waals surface area contributed by atoms with Gasteiger partial charge in [-0.05, 0) is 30.4 Å². The topological polar surface area (TPSA) is 38.7 Å². The van der Waals surface area contributed by atoms with E-state index in [-0.39, 0.29) is 11.9 Å². The summed E-state index contributed by atoms with van der Waals surface area (Å²) in [6, 6.07) is 4.02. The van der Waals surface area contributed by atoms with Gasteiger partial charge in [0.05, 0.1) is 5.71 Å². The first-order chi connectivity index (χ1) is 8.81. The van der Waals surface area contributed by atoms with Crippen LogP contribution in [0.15, 0.2) is 28.7 Å². The molecule has 0 saturated carbocycles. The number of unbranched alkanes of at least 4 members (excludes halogenated alkanes) is 2. The van der Waals surface area contributed by atoms with Crippen LogP contribution < -0.4 is 0 Å². The van der Waals surface area contributed by atoms with Crippen molar-refractivity contribution < 1.29 is 9.63 Å². The van der Waals surface area contributed by atoms with Crippen molar-refractivity contribution >= 4 is 29.1 Å². The van der Waals surface area contributed by atoms with Gasteiger partial charge < -0.3 is 4.84 Å². The molecule has 1 aliphatic rings. The molecule has 0 aliphatic carbocycles. The Morgan fingerprint density at radius 2 is 2.39 bits per heavy atom. The number of carbonyl (C=O) groups is 1. The molecule has 2 heterocycles. The predicted molar refractivity (Wildman–Crippen MR) is 74.5 cm³/mol. The van der Waals surface area contributed by atoms with Crippen molar-refractivity contribution in [2.75, 3.05) is 0 Å². The van der Waals surface area contributed by atoms with Crippen LogP contribution in [-0.4, -0.2) is 11.7 Å². The quantitative estimate of drug-likeness (QED) is 0.577. The van der Waals surface area contributed by atoms with Crippen molar-refractivity contribution in [2.24, 2.45) is 11.1 Å². The standard InChI is InChI=1S/C14H17NO2S/c1-2-3-4-7-13-12(14(16)17-15-13)9-8-11-6-5-10-18-11/h5-6,8-10,12H,2-4,7H2,1H3/b9-8+. The number of nitrogens with zero attached hydrogens (tertiary/aromatic N) is 1. The number of oxime groups is 1. The molecule has 2 rings (SSSR count). The van der Waals surface area contributed by atoms with E-state index in [1.54, 1.807) is 11.3 Å². The van der Waals surface area contributed by atoms with Crippen molar-refractivity contribution in [1.82, 2.24) is 0 Å². The van der Waals surface area contributed by atoms with E-state index in [1.807, 2.05) is 29.7 Å². The summed E-state index contributed by atoms with van der Waals surface area (Å²) in [7, 11) is 0. The molecular weight excluding hydrogens is 246 g/mol. The zero-order valence-corrected chi connectivity index (χ0v) is 11.3. The van der Waals surface area contributed by atoms with Crippen LogP contribution in [0.3, 0.4) is 0 Å². The Morgan fingerprint density at radius 1 is 1.50 bits per heavy atom. The second kappa shape index (κ2) is 6.50. The average molecular weight is 263 g/mol. The highest BCUT2D eigenvalue weighted by atomic mass is 32.1. The van der Waals surface area contributed by atoms with E-state index >= 15 is 0 Å². The third-order valence-electron chi connectivity index (χ3n) is 2.90. The monoisotopic (exact) mass is 263 g/mol. The minimum atomic E-state index is -0.288. The van der Waals surface area contributed by atoms with Gasteiger partial charge in [-0.25, -0.2) is 4.79 Å². The van der Waals surface area contributed by atoms with Crippen LogP contribution >= 0.6 is 11.3 Å². The van der Waals surface area contributed by atoms with E-state index in [1.165, 1.54) is 0 Å². The minimum Gasteiger partial charge on any atom is -0.317 e. The van der Waals surface area contributed by atoms with Gasteiger partial charge in [-0.15, -0.1) is 11.3 Å². The van der Waals surface area contributed by atoms with Crippen LogP contribution in [0.1, 0.15) is 37.5 Å². The highest BCUT2D eigenvalue weighted by Gasteiger charge is 2.29. The summed E-state index contributed by atoms with van der Waals surface area (Å²) in [5, 5.41) is 5.91. The fourth-order valence-corrected chi connectivity index (χ4v) is 2.51. The second-order valence-electron chi connectivity index (χ2n) is 4.30. The maximum absolute atomic E-state index is 11.6. The minimum absolute atomic E-state index is 0.255. The van der Waals surface area contributed by atoms with E-state index < -0.39 is 0 Å². The van der Waals surface area contributed by atoms with Crippen LogP contribution in [0.2, 0.25) is 0 Å². The summed E-state index contributed by atoms with van der Waals surface area (Å²) in [5.41, 5.74) is 0.862.